The first-order valence-corrected chi connectivity index (χ1v) is 15.6. The third kappa shape index (κ3) is 33.1. The fraction of sp³-hybridized carbons (Fsp3) is 0.906. The summed E-state index contributed by atoms with van der Waals surface area (Å²) in [6, 6.07) is 0. The van der Waals surface area contributed by atoms with Crippen LogP contribution in [0, 0.1) is 5.92 Å². The monoisotopic (exact) mass is 528 g/mol. The molecule has 5 nitrogen and oxygen atoms in total. The molecule has 2 unspecified atom stereocenters. The van der Waals surface area contributed by atoms with Crippen molar-refractivity contribution in [1.82, 2.24) is 0 Å². The summed E-state index contributed by atoms with van der Waals surface area (Å²) in [6.07, 6.45) is 27.7. The largest absolute Gasteiger partial charge is 0.478 e. The van der Waals surface area contributed by atoms with Crippen LogP contribution in [0.1, 0.15) is 156 Å². The Morgan fingerprint density at radius 2 is 1.08 bits per heavy atom. The number of aliphatic carboxylic acids is 1. The molecule has 0 aliphatic carbocycles. The van der Waals surface area contributed by atoms with E-state index in [2.05, 4.69) is 20.4 Å². The molecule has 0 aromatic heterocycles. The molecule has 0 fully saturated rings. The van der Waals surface area contributed by atoms with Crippen molar-refractivity contribution < 1.29 is 24.9 Å². The van der Waals surface area contributed by atoms with Crippen molar-refractivity contribution in [3.8, 4) is 0 Å². The normalized spacial score (nSPS) is 12.6. The summed E-state index contributed by atoms with van der Waals surface area (Å²) >= 11 is 0. The molecule has 0 radical (unpaired) electrons. The second-order valence-corrected chi connectivity index (χ2v) is 10.9. The Labute approximate surface area is 230 Å². The molecular weight excluding hydrogens is 464 g/mol. The minimum absolute atomic E-state index is 0.0347. The number of ether oxygens (including phenoxy) is 1. The van der Waals surface area contributed by atoms with Crippen LogP contribution in [0.4, 0.5) is 0 Å². The van der Waals surface area contributed by atoms with Crippen molar-refractivity contribution in [2.24, 2.45) is 5.92 Å². The Bertz CT molecular complexity index is 468. The first-order valence-electron chi connectivity index (χ1n) is 15.6. The molecule has 3 N–H and O–H groups in total. The lowest BCUT2D eigenvalue weighted by Gasteiger charge is -2.20. The summed E-state index contributed by atoms with van der Waals surface area (Å²) in [5, 5.41) is 27.1. The number of rotatable bonds is 27. The molecule has 222 valence electrons. The molecule has 0 aliphatic rings. The fourth-order valence-electron chi connectivity index (χ4n) is 4.60. The Balaban J connectivity index is 0. The quantitative estimate of drug-likeness (QED) is 0.0732. The van der Waals surface area contributed by atoms with Gasteiger partial charge >= 0.3 is 5.97 Å². The van der Waals surface area contributed by atoms with Crippen molar-refractivity contribution in [3.63, 3.8) is 0 Å². The standard InChI is InChI=1S/C28H58O3.C4H6O2/c1-3-5-7-9-11-13-14-16-18-20-22-27(25-28(30)26-31-24-23-29)21-19-17-15-12-10-8-6-4-2;1-3(2)4(5)6/h27-30H,3-26H2,1-2H3;1H2,2H3,(H,5,6). The second-order valence-electron chi connectivity index (χ2n) is 10.9. The number of carboxylic acids is 1. The zero-order valence-corrected chi connectivity index (χ0v) is 25.0. The van der Waals surface area contributed by atoms with Crippen LogP contribution in [0.3, 0.4) is 0 Å². The van der Waals surface area contributed by atoms with Crippen LogP contribution in [0.25, 0.3) is 0 Å². The predicted octanol–water partition coefficient (Wildman–Crippen LogP) is 8.85. The lowest BCUT2D eigenvalue weighted by molar-refractivity contribution is -0.132. The molecule has 0 spiro atoms. The molecule has 0 aliphatic heterocycles. The van der Waals surface area contributed by atoms with Crippen LogP contribution in [0.15, 0.2) is 12.2 Å². The van der Waals surface area contributed by atoms with Crippen LogP contribution in [0.5, 0.6) is 0 Å². The van der Waals surface area contributed by atoms with Gasteiger partial charge in [-0.15, -0.1) is 0 Å². The van der Waals surface area contributed by atoms with Crippen LogP contribution in [-0.4, -0.2) is 47.2 Å². The lowest BCUT2D eigenvalue weighted by Crippen LogP contribution is -2.20. The molecule has 0 heterocycles. The van der Waals surface area contributed by atoms with Gasteiger partial charge in [0.05, 0.1) is 25.9 Å². The minimum Gasteiger partial charge on any atom is -0.478 e. The smallest absolute Gasteiger partial charge is 0.330 e. The highest BCUT2D eigenvalue weighted by atomic mass is 16.5. The van der Waals surface area contributed by atoms with Gasteiger partial charge in [-0.25, -0.2) is 4.79 Å². The summed E-state index contributed by atoms with van der Waals surface area (Å²) in [7, 11) is 0. The van der Waals surface area contributed by atoms with E-state index >= 15 is 0 Å². The minimum atomic E-state index is -0.935. The van der Waals surface area contributed by atoms with Gasteiger partial charge in [0.1, 0.15) is 0 Å². The van der Waals surface area contributed by atoms with Gasteiger partial charge in [0.15, 0.2) is 0 Å². The van der Waals surface area contributed by atoms with Crippen LogP contribution in [-0.2, 0) is 9.53 Å². The first-order chi connectivity index (χ1) is 17.9. The third-order valence-corrected chi connectivity index (χ3v) is 6.95. The number of unbranched alkanes of at least 4 members (excludes halogenated alkanes) is 16. The van der Waals surface area contributed by atoms with Gasteiger partial charge in [-0.05, 0) is 19.3 Å². The Kier molecular flexibility index (Phi) is 32.4. The van der Waals surface area contributed by atoms with Gasteiger partial charge in [0.2, 0.25) is 0 Å². The highest BCUT2D eigenvalue weighted by Gasteiger charge is 2.15. The maximum Gasteiger partial charge on any atom is 0.330 e. The Morgan fingerprint density at radius 3 is 1.41 bits per heavy atom. The summed E-state index contributed by atoms with van der Waals surface area (Å²) in [5.74, 6) is -0.308. The van der Waals surface area contributed by atoms with Crippen molar-refractivity contribution in [3.05, 3.63) is 12.2 Å². The van der Waals surface area contributed by atoms with E-state index < -0.39 is 5.97 Å². The number of hydrogen-bond acceptors (Lipinski definition) is 4. The highest BCUT2D eigenvalue weighted by molar-refractivity contribution is 5.84. The van der Waals surface area contributed by atoms with Gasteiger partial charge in [-0.1, -0.05) is 149 Å². The van der Waals surface area contributed by atoms with Crippen molar-refractivity contribution >= 4 is 5.97 Å². The van der Waals surface area contributed by atoms with Gasteiger partial charge in [0, 0.05) is 5.57 Å². The SMILES string of the molecule is C=C(C)C(=O)O.CCCCCCCCCCCCC(CCCCCCCCCC)CC(O)COCCO. The molecule has 0 rings (SSSR count). The van der Waals surface area contributed by atoms with E-state index in [4.69, 9.17) is 14.9 Å². The number of aliphatic hydroxyl groups excluding tert-OH is 2. The summed E-state index contributed by atoms with van der Waals surface area (Å²) in [6.45, 7) is 9.89. The topological polar surface area (TPSA) is 87.0 Å². The van der Waals surface area contributed by atoms with E-state index in [1.54, 1.807) is 0 Å². The molecule has 2 atom stereocenters. The zero-order valence-electron chi connectivity index (χ0n) is 25.0. The third-order valence-electron chi connectivity index (χ3n) is 6.95. The molecule has 37 heavy (non-hydrogen) atoms. The van der Waals surface area contributed by atoms with E-state index in [0.29, 0.717) is 19.1 Å². The lowest BCUT2D eigenvalue weighted by atomic mass is 9.89. The summed E-state index contributed by atoms with van der Waals surface area (Å²) in [4.78, 5) is 9.60. The predicted molar refractivity (Wildman–Crippen MR) is 158 cm³/mol. The molecule has 0 amide bonds. The van der Waals surface area contributed by atoms with Gasteiger partial charge in [-0.3, -0.25) is 0 Å². The molecule has 0 saturated carbocycles. The highest BCUT2D eigenvalue weighted by Crippen LogP contribution is 2.24. The number of carbonyl (C=O) groups is 1. The maximum atomic E-state index is 10.3. The Hall–Kier alpha value is -0.910. The second kappa shape index (κ2) is 31.3. The van der Waals surface area contributed by atoms with Gasteiger partial charge in [0.25, 0.3) is 0 Å². The molecule has 0 aromatic rings. The fourth-order valence-corrected chi connectivity index (χ4v) is 4.60. The molecule has 0 aromatic carbocycles. The van der Waals surface area contributed by atoms with E-state index in [1.807, 2.05) is 0 Å². The summed E-state index contributed by atoms with van der Waals surface area (Å²) in [5.41, 5.74) is 0.176. The average Bonchev–Trinajstić information content (AvgIpc) is 2.87. The maximum absolute atomic E-state index is 10.3. The molecular formula is C32H64O5. The van der Waals surface area contributed by atoms with E-state index in [1.165, 1.54) is 135 Å². The van der Waals surface area contributed by atoms with Crippen molar-refractivity contribution in [2.45, 2.75) is 162 Å². The van der Waals surface area contributed by atoms with Crippen molar-refractivity contribution in [1.29, 1.82) is 0 Å². The first kappa shape index (κ1) is 38.2. The zero-order chi connectivity index (χ0) is 28.0. The number of carboxylic acid groups (broad SMARTS) is 1. The van der Waals surface area contributed by atoms with Gasteiger partial charge in [-0.2, -0.15) is 0 Å². The van der Waals surface area contributed by atoms with Crippen LogP contribution in [0.2, 0.25) is 0 Å². The molecule has 0 saturated heterocycles. The van der Waals surface area contributed by atoms with Crippen LogP contribution >= 0.6 is 0 Å². The number of hydrogen-bond donors (Lipinski definition) is 3. The van der Waals surface area contributed by atoms with Gasteiger partial charge < -0.3 is 20.1 Å². The van der Waals surface area contributed by atoms with E-state index in [9.17, 15) is 9.90 Å². The Morgan fingerprint density at radius 1 is 0.730 bits per heavy atom. The van der Waals surface area contributed by atoms with E-state index in [-0.39, 0.29) is 18.3 Å². The van der Waals surface area contributed by atoms with Crippen LogP contribution < -0.4 is 0 Å². The molecule has 5 heteroatoms. The van der Waals surface area contributed by atoms with Crippen molar-refractivity contribution in [2.75, 3.05) is 19.8 Å². The summed E-state index contributed by atoms with van der Waals surface area (Å²) < 4.78 is 5.34. The number of aliphatic hydroxyl groups is 2. The molecule has 0 bridgehead atoms. The average molecular weight is 529 g/mol. The van der Waals surface area contributed by atoms with E-state index in [0.717, 1.165) is 6.42 Å².